The van der Waals surface area contributed by atoms with Crippen molar-refractivity contribution in [2.75, 3.05) is 20.2 Å². The summed E-state index contributed by atoms with van der Waals surface area (Å²) in [5, 5.41) is 0. The second-order valence-electron chi connectivity index (χ2n) is 4.11. The van der Waals surface area contributed by atoms with Gasteiger partial charge in [0.15, 0.2) is 0 Å². The van der Waals surface area contributed by atoms with Gasteiger partial charge in [-0.1, -0.05) is 5.57 Å². The van der Waals surface area contributed by atoms with Crippen molar-refractivity contribution in [1.82, 2.24) is 4.90 Å². The molecule has 0 radical (unpaired) electrons. The number of hydrogen-bond donors (Lipinski definition) is 0. The molecule has 78 valence electrons. The standard InChI is InChI=1S/C11H17NO2/c1-14-11(13)8-9-4-6-12-5-2-3-10(12)7-9/h8,10H,2-7H2,1H3/b9-8-. The molecule has 2 saturated heterocycles. The molecule has 2 aliphatic heterocycles. The molecular formula is C11H17NO2. The molecule has 0 aromatic carbocycles. The molecule has 2 heterocycles. The van der Waals surface area contributed by atoms with Gasteiger partial charge in [0, 0.05) is 18.7 Å². The van der Waals surface area contributed by atoms with E-state index in [4.69, 9.17) is 0 Å². The predicted molar refractivity (Wildman–Crippen MR) is 53.9 cm³/mol. The minimum absolute atomic E-state index is 0.202. The average molecular weight is 195 g/mol. The Labute approximate surface area is 84.7 Å². The van der Waals surface area contributed by atoms with Gasteiger partial charge in [-0.25, -0.2) is 4.79 Å². The maximum Gasteiger partial charge on any atom is 0.330 e. The average Bonchev–Trinajstić information content (AvgIpc) is 2.64. The number of carbonyl (C=O) groups is 1. The van der Waals surface area contributed by atoms with E-state index in [1.54, 1.807) is 6.08 Å². The normalized spacial score (nSPS) is 30.4. The van der Waals surface area contributed by atoms with Crippen LogP contribution >= 0.6 is 0 Å². The molecule has 0 N–H and O–H groups in total. The van der Waals surface area contributed by atoms with Crippen molar-refractivity contribution in [3.05, 3.63) is 11.6 Å². The Kier molecular flexibility index (Phi) is 2.87. The molecule has 0 aliphatic carbocycles. The summed E-state index contributed by atoms with van der Waals surface area (Å²) in [7, 11) is 1.43. The monoisotopic (exact) mass is 195 g/mol. The second kappa shape index (κ2) is 4.13. The molecule has 2 fully saturated rings. The lowest BCUT2D eigenvalue weighted by Gasteiger charge is -2.30. The zero-order valence-electron chi connectivity index (χ0n) is 8.66. The second-order valence-corrected chi connectivity index (χ2v) is 4.11. The maximum absolute atomic E-state index is 11.1. The van der Waals surface area contributed by atoms with Gasteiger partial charge in [-0.05, 0) is 32.2 Å². The van der Waals surface area contributed by atoms with Crippen molar-refractivity contribution >= 4 is 5.97 Å². The lowest BCUT2D eigenvalue weighted by Crippen LogP contribution is -2.35. The van der Waals surface area contributed by atoms with Crippen LogP contribution in [0.1, 0.15) is 25.7 Å². The molecular weight excluding hydrogens is 178 g/mol. The number of carbonyl (C=O) groups excluding carboxylic acids is 1. The fraction of sp³-hybridized carbons (Fsp3) is 0.727. The molecule has 2 rings (SSSR count). The van der Waals surface area contributed by atoms with Crippen LogP contribution in [0.3, 0.4) is 0 Å². The fourth-order valence-corrected chi connectivity index (χ4v) is 2.47. The van der Waals surface area contributed by atoms with Crippen LogP contribution in [0, 0.1) is 0 Å². The van der Waals surface area contributed by atoms with Gasteiger partial charge < -0.3 is 4.74 Å². The van der Waals surface area contributed by atoms with Crippen LogP contribution in [0.2, 0.25) is 0 Å². The first-order valence-electron chi connectivity index (χ1n) is 5.31. The number of rotatable bonds is 1. The molecule has 3 heteroatoms. The molecule has 3 nitrogen and oxygen atoms in total. The highest BCUT2D eigenvalue weighted by atomic mass is 16.5. The number of ether oxygens (including phenoxy) is 1. The number of hydrogen-bond acceptors (Lipinski definition) is 3. The number of piperidine rings is 1. The van der Waals surface area contributed by atoms with Gasteiger partial charge in [-0.15, -0.1) is 0 Å². The number of nitrogens with zero attached hydrogens (tertiary/aromatic N) is 1. The van der Waals surface area contributed by atoms with Crippen LogP contribution in [0.25, 0.3) is 0 Å². The van der Waals surface area contributed by atoms with Crippen molar-refractivity contribution in [2.45, 2.75) is 31.7 Å². The first-order chi connectivity index (χ1) is 6.79. The van der Waals surface area contributed by atoms with Gasteiger partial charge in [-0.2, -0.15) is 0 Å². The molecule has 0 spiro atoms. The number of methoxy groups -OCH3 is 1. The highest BCUT2D eigenvalue weighted by Crippen LogP contribution is 2.29. The lowest BCUT2D eigenvalue weighted by molar-refractivity contribution is -0.134. The van der Waals surface area contributed by atoms with Crippen LogP contribution in [0.4, 0.5) is 0 Å². The summed E-state index contributed by atoms with van der Waals surface area (Å²) in [6.45, 7) is 2.36. The zero-order chi connectivity index (χ0) is 9.97. The van der Waals surface area contributed by atoms with E-state index in [0.717, 1.165) is 19.4 Å². The van der Waals surface area contributed by atoms with Gasteiger partial charge in [0.1, 0.15) is 0 Å². The molecule has 14 heavy (non-hydrogen) atoms. The van der Waals surface area contributed by atoms with Gasteiger partial charge in [-0.3, -0.25) is 4.90 Å². The van der Waals surface area contributed by atoms with E-state index in [-0.39, 0.29) is 5.97 Å². The van der Waals surface area contributed by atoms with E-state index >= 15 is 0 Å². The van der Waals surface area contributed by atoms with Gasteiger partial charge in [0.25, 0.3) is 0 Å². The highest BCUT2D eigenvalue weighted by molar-refractivity contribution is 5.82. The van der Waals surface area contributed by atoms with E-state index < -0.39 is 0 Å². The summed E-state index contributed by atoms with van der Waals surface area (Å²) in [4.78, 5) is 13.6. The molecule has 2 aliphatic rings. The van der Waals surface area contributed by atoms with E-state index in [1.807, 2.05) is 0 Å². The Bertz CT molecular complexity index is 260. The maximum atomic E-state index is 11.1. The summed E-state index contributed by atoms with van der Waals surface area (Å²) < 4.78 is 4.64. The van der Waals surface area contributed by atoms with Crippen molar-refractivity contribution in [3.63, 3.8) is 0 Å². The Morgan fingerprint density at radius 2 is 2.43 bits per heavy atom. The van der Waals surface area contributed by atoms with E-state index in [0.29, 0.717) is 6.04 Å². The summed E-state index contributed by atoms with van der Waals surface area (Å²) in [5.74, 6) is -0.202. The zero-order valence-corrected chi connectivity index (χ0v) is 8.66. The molecule has 0 aromatic rings. The van der Waals surface area contributed by atoms with Crippen LogP contribution in [-0.4, -0.2) is 37.1 Å². The summed E-state index contributed by atoms with van der Waals surface area (Å²) >= 11 is 0. The van der Waals surface area contributed by atoms with Gasteiger partial charge in [0.2, 0.25) is 0 Å². The van der Waals surface area contributed by atoms with Crippen LogP contribution < -0.4 is 0 Å². The van der Waals surface area contributed by atoms with Crippen molar-refractivity contribution < 1.29 is 9.53 Å². The summed E-state index contributed by atoms with van der Waals surface area (Å²) in [6.07, 6.45) is 6.38. The third-order valence-corrected chi connectivity index (χ3v) is 3.24. The van der Waals surface area contributed by atoms with Crippen molar-refractivity contribution in [3.8, 4) is 0 Å². The molecule has 0 saturated carbocycles. The molecule has 0 aromatic heterocycles. The molecule has 0 bridgehead atoms. The first kappa shape index (κ1) is 9.71. The van der Waals surface area contributed by atoms with Crippen LogP contribution in [-0.2, 0) is 9.53 Å². The topological polar surface area (TPSA) is 29.5 Å². The first-order valence-corrected chi connectivity index (χ1v) is 5.31. The predicted octanol–water partition coefficient (Wildman–Crippen LogP) is 1.34. The minimum Gasteiger partial charge on any atom is -0.466 e. The molecule has 1 unspecified atom stereocenters. The van der Waals surface area contributed by atoms with Gasteiger partial charge >= 0.3 is 5.97 Å². The van der Waals surface area contributed by atoms with E-state index in [1.165, 1.54) is 32.1 Å². The van der Waals surface area contributed by atoms with E-state index in [2.05, 4.69) is 9.64 Å². The van der Waals surface area contributed by atoms with Gasteiger partial charge in [0.05, 0.1) is 7.11 Å². The summed E-state index contributed by atoms with van der Waals surface area (Å²) in [5.41, 5.74) is 1.26. The third-order valence-electron chi connectivity index (χ3n) is 3.24. The lowest BCUT2D eigenvalue weighted by atomic mass is 9.97. The highest BCUT2D eigenvalue weighted by Gasteiger charge is 2.28. The third kappa shape index (κ3) is 1.98. The van der Waals surface area contributed by atoms with Crippen molar-refractivity contribution in [2.24, 2.45) is 0 Å². The van der Waals surface area contributed by atoms with Crippen molar-refractivity contribution in [1.29, 1.82) is 0 Å². The molecule has 1 atom stereocenters. The van der Waals surface area contributed by atoms with E-state index in [9.17, 15) is 4.79 Å². The Morgan fingerprint density at radius 3 is 3.21 bits per heavy atom. The Hall–Kier alpha value is -0.830. The number of fused-ring (bicyclic) bond motifs is 1. The summed E-state index contributed by atoms with van der Waals surface area (Å²) in [6, 6.07) is 0.694. The van der Waals surface area contributed by atoms with Crippen LogP contribution in [0.15, 0.2) is 11.6 Å². The Balaban J connectivity index is 1.97. The Morgan fingerprint density at radius 1 is 1.57 bits per heavy atom. The quantitative estimate of drug-likeness (QED) is 0.467. The fourth-order valence-electron chi connectivity index (χ4n) is 2.47. The molecule has 0 amide bonds. The minimum atomic E-state index is -0.202. The van der Waals surface area contributed by atoms with Crippen LogP contribution in [0.5, 0.6) is 0 Å². The smallest absolute Gasteiger partial charge is 0.330 e. The number of esters is 1. The largest absolute Gasteiger partial charge is 0.466 e. The SMILES string of the molecule is COC(=O)/C=C1/CCN2CCCC2C1.